The average molecular weight is 560 g/mol. The lowest BCUT2D eigenvalue weighted by molar-refractivity contribution is -0.128. The molecular weight excluding hydrogens is 530 g/mol. The van der Waals surface area contributed by atoms with Crippen molar-refractivity contribution in [1.82, 2.24) is 15.5 Å². The molecule has 0 unspecified atom stereocenters. The number of hydrogen-bond donors (Lipinski definition) is 2. The van der Waals surface area contributed by atoms with Crippen LogP contribution in [0, 0.1) is 0 Å². The van der Waals surface area contributed by atoms with Crippen LogP contribution in [0.5, 0.6) is 5.75 Å². The van der Waals surface area contributed by atoms with E-state index in [-0.39, 0.29) is 30.7 Å². The Labute approximate surface area is 235 Å². The van der Waals surface area contributed by atoms with E-state index in [4.69, 9.17) is 14.1 Å². The minimum absolute atomic E-state index is 0.101. The molecule has 0 radical (unpaired) electrons. The van der Waals surface area contributed by atoms with Crippen LogP contribution in [0.4, 0.5) is 5.69 Å². The van der Waals surface area contributed by atoms with E-state index in [0.29, 0.717) is 41.0 Å². The Morgan fingerprint density at radius 1 is 1.07 bits per heavy atom. The predicted octanol–water partition coefficient (Wildman–Crippen LogP) is 3.78. The number of benzene rings is 2. The smallest absolute Gasteiger partial charge is 0.259 e. The number of carbonyl (C=O) groups excluding carboxylic acids is 3. The van der Waals surface area contributed by atoms with Crippen LogP contribution < -0.4 is 15.4 Å². The Balaban J connectivity index is 1.29. The Kier molecular flexibility index (Phi) is 8.30. The normalized spacial score (nSPS) is 16.4. The first-order valence-corrected chi connectivity index (χ1v) is 13.8. The molecule has 2 atom stereocenters. The summed E-state index contributed by atoms with van der Waals surface area (Å²) in [4.78, 5) is 50.1. The third-order valence-electron chi connectivity index (χ3n) is 6.50. The van der Waals surface area contributed by atoms with E-state index < -0.39 is 11.3 Å². The van der Waals surface area contributed by atoms with Gasteiger partial charge >= 0.3 is 0 Å². The van der Waals surface area contributed by atoms with Gasteiger partial charge in [0, 0.05) is 12.1 Å². The van der Waals surface area contributed by atoms with Crippen LogP contribution in [0.15, 0.2) is 81.3 Å². The van der Waals surface area contributed by atoms with Crippen molar-refractivity contribution in [3.8, 4) is 5.75 Å². The van der Waals surface area contributed by atoms with Gasteiger partial charge in [0.2, 0.25) is 11.8 Å². The van der Waals surface area contributed by atoms with E-state index in [1.54, 1.807) is 25.5 Å². The van der Waals surface area contributed by atoms with Gasteiger partial charge in [0.25, 0.3) is 5.91 Å². The van der Waals surface area contributed by atoms with Gasteiger partial charge in [-0.25, -0.2) is 9.89 Å². The summed E-state index contributed by atoms with van der Waals surface area (Å²) in [5.41, 5.74) is 2.27. The Morgan fingerprint density at radius 2 is 1.88 bits per heavy atom. The highest BCUT2D eigenvalue weighted by Gasteiger charge is 2.43. The highest BCUT2D eigenvalue weighted by Crippen LogP contribution is 2.35. The molecule has 0 spiro atoms. The summed E-state index contributed by atoms with van der Waals surface area (Å²) in [6.45, 7) is 2.49. The summed E-state index contributed by atoms with van der Waals surface area (Å²) >= 11 is 1.21. The van der Waals surface area contributed by atoms with Gasteiger partial charge in [-0.15, -0.1) is 0 Å². The fourth-order valence-electron chi connectivity index (χ4n) is 4.36. The number of nitrogens with one attached hydrogen (secondary N) is 2. The Morgan fingerprint density at radius 3 is 2.60 bits per heavy atom. The number of carbonyl (C=O) groups is 3. The van der Waals surface area contributed by atoms with Crippen LogP contribution in [-0.4, -0.2) is 52.0 Å². The average Bonchev–Trinajstić information content (AvgIpc) is 3.62. The van der Waals surface area contributed by atoms with Gasteiger partial charge in [-0.2, -0.15) is 0 Å². The van der Waals surface area contributed by atoms with Crippen molar-refractivity contribution in [2.75, 3.05) is 7.11 Å². The van der Waals surface area contributed by atoms with E-state index in [0.717, 1.165) is 11.3 Å². The van der Waals surface area contributed by atoms with Crippen LogP contribution >= 0.6 is 11.8 Å². The fraction of sp³-hybridized carbons (Fsp3) is 0.276. The number of amides is 3. The number of methoxy groups -OCH3 is 1. The lowest BCUT2D eigenvalue weighted by atomic mass is 10.1. The minimum Gasteiger partial charge on any atom is -0.497 e. The molecular formula is C29H29N5O5S. The van der Waals surface area contributed by atoms with E-state index in [1.165, 1.54) is 16.7 Å². The Hall–Kier alpha value is -4.38. The fourth-order valence-corrected chi connectivity index (χ4v) is 5.40. The number of furan rings is 1. The molecule has 0 aliphatic carbocycles. The van der Waals surface area contributed by atoms with E-state index in [2.05, 4.69) is 15.6 Å². The van der Waals surface area contributed by atoms with Crippen molar-refractivity contribution in [3.05, 3.63) is 83.8 Å². The summed E-state index contributed by atoms with van der Waals surface area (Å²) in [5, 5.41) is 5.61. The second-order valence-electron chi connectivity index (χ2n) is 9.19. The molecule has 206 valence electrons. The van der Waals surface area contributed by atoms with Crippen LogP contribution in [0.1, 0.15) is 36.7 Å². The van der Waals surface area contributed by atoms with Crippen LogP contribution in [0.25, 0.3) is 0 Å². The van der Waals surface area contributed by atoms with Gasteiger partial charge in [0.15, 0.2) is 5.17 Å². The summed E-state index contributed by atoms with van der Waals surface area (Å²) < 4.78 is 10.5. The number of amidine groups is 2. The van der Waals surface area contributed by atoms with Crippen molar-refractivity contribution >= 4 is 46.2 Å². The van der Waals surface area contributed by atoms with Crippen molar-refractivity contribution in [1.29, 1.82) is 0 Å². The number of nitrogens with zero attached hydrogens (tertiary/aromatic N) is 3. The molecule has 0 fully saturated rings. The molecule has 11 heteroatoms. The molecule has 40 heavy (non-hydrogen) atoms. The highest BCUT2D eigenvalue weighted by atomic mass is 32.2. The van der Waals surface area contributed by atoms with E-state index in [1.807, 2.05) is 55.5 Å². The van der Waals surface area contributed by atoms with Crippen LogP contribution in [-0.2, 0) is 27.5 Å². The summed E-state index contributed by atoms with van der Waals surface area (Å²) in [5.74, 6) is 0.995. The molecule has 3 aromatic rings. The molecule has 5 rings (SSSR count). The molecule has 1 aromatic heterocycles. The van der Waals surface area contributed by atoms with Crippen molar-refractivity contribution in [3.63, 3.8) is 0 Å². The standard InChI is InChI=1S/C29H29N5O5S/c1-3-24(27(36)31-17-20-7-6-14-39-20)40-29-33-22-9-5-4-8-21(22)26-32-23(28(37)34(26)29)15-25(35)30-16-18-10-12-19(38-2)13-11-18/h4-14,23-24H,3,15-17H2,1-2H3,(H,30,35)(H,31,36)/t23-,24+/m0/s1. The third kappa shape index (κ3) is 5.94. The second kappa shape index (κ2) is 12.2. The maximum Gasteiger partial charge on any atom is 0.259 e. The number of hydrogen-bond acceptors (Lipinski definition) is 8. The number of rotatable bonds is 10. The van der Waals surface area contributed by atoms with Crippen LogP contribution in [0.3, 0.4) is 0 Å². The maximum absolute atomic E-state index is 13.6. The van der Waals surface area contributed by atoms with Crippen molar-refractivity contribution in [2.24, 2.45) is 9.98 Å². The zero-order valence-electron chi connectivity index (χ0n) is 22.1. The van der Waals surface area contributed by atoms with E-state index in [9.17, 15) is 14.4 Å². The third-order valence-corrected chi connectivity index (χ3v) is 7.82. The molecule has 0 saturated carbocycles. The van der Waals surface area contributed by atoms with Crippen molar-refractivity contribution < 1.29 is 23.5 Å². The Bertz CT molecular complexity index is 1450. The summed E-state index contributed by atoms with van der Waals surface area (Å²) in [6, 6.07) is 17.4. The maximum atomic E-state index is 13.6. The second-order valence-corrected chi connectivity index (χ2v) is 10.4. The molecule has 10 nitrogen and oxygen atoms in total. The predicted molar refractivity (Wildman–Crippen MR) is 152 cm³/mol. The summed E-state index contributed by atoms with van der Waals surface area (Å²) in [7, 11) is 1.59. The zero-order valence-corrected chi connectivity index (χ0v) is 22.9. The zero-order chi connectivity index (χ0) is 28.1. The molecule has 2 N–H and O–H groups in total. The minimum atomic E-state index is -0.893. The first-order valence-electron chi connectivity index (χ1n) is 12.9. The molecule has 0 saturated heterocycles. The number of thioether (sulfide) groups is 1. The van der Waals surface area contributed by atoms with E-state index >= 15 is 0 Å². The first kappa shape index (κ1) is 27.2. The van der Waals surface area contributed by atoms with Gasteiger partial charge in [-0.05, 0) is 48.4 Å². The van der Waals surface area contributed by atoms with Gasteiger partial charge in [0.1, 0.15) is 23.4 Å². The van der Waals surface area contributed by atoms with Crippen molar-refractivity contribution in [2.45, 2.75) is 44.1 Å². The molecule has 3 amide bonds. The number of para-hydroxylation sites is 1. The number of ether oxygens (including phenoxy) is 1. The molecule has 3 heterocycles. The van der Waals surface area contributed by atoms with Gasteiger partial charge in [-0.3, -0.25) is 19.4 Å². The first-order chi connectivity index (χ1) is 19.5. The van der Waals surface area contributed by atoms with Gasteiger partial charge in [-0.1, -0.05) is 43.0 Å². The number of fused-ring (bicyclic) bond motifs is 3. The van der Waals surface area contributed by atoms with Gasteiger partial charge in [0.05, 0.1) is 37.3 Å². The number of aliphatic imine (C=N–C) groups is 2. The van der Waals surface area contributed by atoms with Gasteiger partial charge < -0.3 is 19.8 Å². The van der Waals surface area contributed by atoms with Crippen LogP contribution in [0.2, 0.25) is 0 Å². The lowest BCUT2D eigenvalue weighted by Gasteiger charge is -2.27. The molecule has 2 aromatic carbocycles. The monoisotopic (exact) mass is 559 g/mol. The molecule has 2 aliphatic rings. The SMILES string of the molecule is CC[C@@H](SC1=Nc2ccccc2C2=N[C@@H](CC(=O)NCc3ccc(OC)cc3)C(=O)N12)C(=O)NCc1ccco1. The molecule has 2 aliphatic heterocycles. The topological polar surface area (TPSA) is 126 Å². The lowest BCUT2D eigenvalue weighted by Crippen LogP contribution is -2.43. The highest BCUT2D eigenvalue weighted by molar-refractivity contribution is 8.15. The summed E-state index contributed by atoms with van der Waals surface area (Å²) in [6.07, 6.45) is 1.97. The quantitative estimate of drug-likeness (QED) is 0.390. The molecule has 0 bridgehead atoms. The largest absolute Gasteiger partial charge is 0.497 e.